The molecule has 2 aromatic carbocycles. The number of ether oxygens (including phenoxy) is 1. The first kappa shape index (κ1) is 23.4. The fourth-order valence-corrected chi connectivity index (χ4v) is 5.89. The third-order valence-corrected chi connectivity index (χ3v) is 7.94. The second-order valence-electron chi connectivity index (χ2n) is 10.0. The third-order valence-electron chi connectivity index (χ3n) is 7.94. The predicted molar refractivity (Wildman–Crippen MR) is 131 cm³/mol. The topological polar surface area (TPSA) is 95.9 Å². The van der Waals surface area contributed by atoms with Crippen molar-refractivity contribution in [2.45, 2.75) is 38.0 Å². The molecule has 0 aromatic heterocycles. The quantitative estimate of drug-likeness (QED) is 0.593. The highest BCUT2D eigenvalue weighted by Gasteiger charge is 2.37. The number of carbonyl (C=O) groups excluding carboxylic acids is 2. The molecule has 1 unspecified atom stereocenters. The van der Waals surface area contributed by atoms with Crippen molar-refractivity contribution >= 4 is 18.0 Å². The van der Waals surface area contributed by atoms with Crippen molar-refractivity contribution in [3.63, 3.8) is 0 Å². The lowest BCUT2D eigenvalue weighted by Gasteiger charge is -2.38. The largest absolute Gasteiger partial charge is 0.481 e. The summed E-state index contributed by atoms with van der Waals surface area (Å²) in [6.07, 6.45) is 4.28. The van der Waals surface area contributed by atoms with Crippen LogP contribution in [-0.4, -0.2) is 54.2 Å². The Labute approximate surface area is 205 Å². The lowest BCUT2D eigenvalue weighted by Crippen LogP contribution is -2.53. The predicted octanol–water partition coefficient (Wildman–Crippen LogP) is 4.26. The number of hydrogen-bond donors (Lipinski definition) is 2. The Balaban J connectivity index is 1.16. The summed E-state index contributed by atoms with van der Waals surface area (Å²) >= 11 is 0. The summed E-state index contributed by atoms with van der Waals surface area (Å²) < 4.78 is 5.67. The van der Waals surface area contributed by atoms with E-state index < -0.39 is 18.0 Å². The van der Waals surface area contributed by atoms with Gasteiger partial charge in [-0.3, -0.25) is 9.59 Å². The molecule has 0 bridgehead atoms. The first-order chi connectivity index (χ1) is 17.0. The van der Waals surface area contributed by atoms with Gasteiger partial charge in [-0.15, -0.1) is 0 Å². The number of likely N-dealkylation sites (tertiary alicyclic amines) is 1. The van der Waals surface area contributed by atoms with Gasteiger partial charge in [-0.05, 0) is 34.1 Å². The van der Waals surface area contributed by atoms with Gasteiger partial charge < -0.3 is 20.1 Å². The van der Waals surface area contributed by atoms with E-state index in [2.05, 4.69) is 29.6 Å². The van der Waals surface area contributed by atoms with Crippen LogP contribution < -0.4 is 5.32 Å². The average molecular weight is 477 g/mol. The molecule has 2 aliphatic carbocycles. The van der Waals surface area contributed by atoms with Crippen molar-refractivity contribution in [1.82, 2.24) is 10.2 Å². The second-order valence-corrected chi connectivity index (χ2v) is 10.0. The lowest BCUT2D eigenvalue weighted by atomic mass is 9.86. The molecular weight excluding hydrogens is 444 g/mol. The summed E-state index contributed by atoms with van der Waals surface area (Å²) in [6.45, 7) is 1.22. The van der Waals surface area contributed by atoms with Crippen molar-refractivity contribution in [1.29, 1.82) is 0 Å². The summed E-state index contributed by atoms with van der Waals surface area (Å²) in [6, 6.07) is 16.5. The number of aliphatic carboxylic acids is 1. The summed E-state index contributed by atoms with van der Waals surface area (Å²) in [5.41, 5.74) is 4.72. The SMILES string of the molecule is O=C(NCC(CC(=O)N1CC(C(=O)O)C1)C1CCCC1)OCC1c2ccccc2-c2ccccc21. The van der Waals surface area contributed by atoms with Crippen LogP contribution in [0.5, 0.6) is 0 Å². The van der Waals surface area contributed by atoms with Crippen molar-refractivity contribution in [3.05, 3.63) is 59.7 Å². The number of carboxylic acid groups (broad SMARTS) is 1. The van der Waals surface area contributed by atoms with Crippen molar-refractivity contribution in [2.75, 3.05) is 26.2 Å². The van der Waals surface area contributed by atoms with Crippen molar-refractivity contribution < 1.29 is 24.2 Å². The van der Waals surface area contributed by atoms with E-state index in [1.165, 1.54) is 22.3 Å². The number of amides is 2. The van der Waals surface area contributed by atoms with Crippen molar-refractivity contribution in [3.8, 4) is 11.1 Å². The number of nitrogens with zero attached hydrogens (tertiary/aromatic N) is 1. The molecule has 5 rings (SSSR count). The van der Waals surface area contributed by atoms with Crippen LogP contribution in [0.4, 0.5) is 4.79 Å². The Kier molecular flexibility index (Phi) is 6.75. The molecule has 0 spiro atoms. The number of carbonyl (C=O) groups is 3. The standard InChI is InChI=1S/C28H32N2O5/c31-26(30-15-20(16-30)27(32)33)13-19(18-7-1-2-8-18)14-29-28(34)35-17-25-23-11-5-3-9-21(23)22-10-4-6-12-24(22)25/h3-6,9-12,18-20,25H,1-2,7-8,13-17H2,(H,29,34)(H,32,33). The summed E-state index contributed by atoms with van der Waals surface area (Å²) in [4.78, 5) is 38.1. The molecule has 7 heteroatoms. The van der Waals surface area contributed by atoms with E-state index in [4.69, 9.17) is 9.84 Å². The van der Waals surface area contributed by atoms with Gasteiger partial charge in [0.1, 0.15) is 6.61 Å². The van der Waals surface area contributed by atoms with Crippen LogP contribution in [0.1, 0.15) is 49.1 Å². The average Bonchev–Trinajstić information content (AvgIpc) is 3.46. The number of carboxylic acids is 1. The maximum absolute atomic E-state index is 12.7. The summed E-state index contributed by atoms with van der Waals surface area (Å²) in [5.74, 6) is -0.886. The van der Waals surface area contributed by atoms with E-state index in [0.717, 1.165) is 25.7 Å². The first-order valence-corrected chi connectivity index (χ1v) is 12.6. The van der Waals surface area contributed by atoms with E-state index >= 15 is 0 Å². The number of benzene rings is 2. The van der Waals surface area contributed by atoms with E-state index in [9.17, 15) is 14.4 Å². The third kappa shape index (κ3) is 4.90. The van der Waals surface area contributed by atoms with Crippen LogP contribution in [0.2, 0.25) is 0 Å². The van der Waals surface area contributed by atoms with Gasteiger partial charge in [-0.2, -0.15) is 0 Å². The Morgan fingerprint density at radius 2 is 1.57 bits per heavy atom. The number of rotatable bonds is 8. The molecule has 2 fully saturated rings. The van der Waals surface area contributed by atoms with Crippen LogP contribution in [0.3, 0.4) is 0 Å². The van der Waals surface area contributed by atoms with Gasteiger partial charge in [0.15, 0.2) is 0 Å². The number of fused-ring (bicyclic) bond motifs is 3. The van der Waals surface area contributed by atoms with Crippen LogP contribution in [0, 0.1) is 17.8 Å². The molecule has 1 heterocycles. The van der Waals surface area contributed by atoms with Crippen LogP contribution in [0.15, 0.2) is 48.5 Å². The molecule has 0 radical (unpaired) electrons. The smallest absolute Gasteiger partial charge is 0.407 e. The zero-order valence-electron chi connectivity index (χ0n) is 19.8. The molecule has 184 valence electrons. The Hall–Kier alpha value is -3.35. The Morgan fingerprint density at radius 1 is 0.971 bits per heavy atom. The molecule has 3 aliphatic rings. The van der Waals surface area contributed by atoms with E-state index in [1.807, 2.05) is 24.3 Å². The Morgan fingerprint density at radius 3 is 2.17 bits per heavy atom. The van der Waals surface area contributed by atoms with Gasteiger partial charge in [0.2, 0.25) is 5.91 Å². The molecular formula is C28H32N2O5. The zero-order chi connectivity index (χ0) is 24.4. The monoisotopic (exact) mass is 476 g/mol. The molecule has 1 atom stereocenters. The first-order valence-electron chi connectivity index (χ1n) is 12.6. The molecule has 2 amide bonds. The highest BCUT2D eigenvalue weighted by molar-refractivity contribution is 5.81. The van der Waals surface area contributed by atoms with Gasteiger partial charge in [0.25, 0.3) is 0 Å². The van der Waals surface area contributed by atoms with E-state index in [1.54, 1.807) is 4.90 Å². The number of hydrogen-bond acceptors (Lipinski definition) is 4. The van der Waals surface area contributed by atoms with Crippen LogP contribution in [0.25, 0.3) is 11.1 Å². The van der Waals surface area contributed by atoms with Crippen LogP contribution in [-0.2, 0) is 14.3 Å². The fraction of sp³-hybridized carbons (Fsp3) is 0.464. The van der Waals surface area contributed by atoms with E-state index in [-0.39, 0.29) is 37.4 Å². The zero-order valence-corrected chi connectivity index (χ0v) is 19.8. The highest BCUT2D eigenvalue weighted by Crippen LogP contribution is 2.44. The number of alkyl carbamates (subject to hydrolysis) is 1. The molecule has 2 N–H and O–H groups in total. The second kappa shape index (κ2) is 10.1. The van der Waals surface area contributed by atoms with Gasteiger partial charge in [0.05, 0.1) is 5.92 Å². The van der Waals surface area contributed by atoms with Gasteiger partial charge >= 0.3 is 12.1 Å². The lowest BCUT2D eigenvalue weighted by molar-refractivity contribution is -0.153. The maximum Gasteiger partial charge on any atom is 0.407 e. The van der Waals surface area contributed by atoms with E-state index in [0.29, 0.717) is 18.9 Å². The number of nitrogens with one attached hydrogen (secondary N) is 1. The minimum atomic E-state index is -0.849. The minimum absolute atomic E-state index is 0.00829. The minimum Gasteiger partial charge on any atom is -0.481 e. The molecule has 2 aromatic rings. The maximum atomic E-state index is 12.7. The summed E-state index contributed by atoms with van der Waals surface area (Å²) in [7, 11) is 0. The fourth-order valence-electron chi connectivity index (χ4n) is 5.89. The highest BCUT2D eigenvalue weighted by atomic mass is 16.5. The Bertz CT molecular complexity index is 1060. The van der Waals surface area contributed by atoms with Gasteiger partial charge in [-0.1, -0.05) is 74.2 Å². The molecule has 1 aliphatic heterocycles. The van der Waals surface area contributed by atoms with Gasteiger partial charge in [-0.25, -0.2) is 4.79 Å². The molecule has 35 heavy (non-hydrogen) atoms. The van der Waals surface area contributed by atoms with Crippen molar-refractivity contribution in [2.24, 2.45) is 17.8 Å². The van der Waals surface area contributed by atoms with Gasteiger partial charge in [0, 0.05) is 32.0 Å². The molecule has 1 saturated carbocycles. The normalized spacial score (nSPS) is 18.5. The molecule has 7 nitrogen and oxygen atoms in total. The summed E-state index contributed by atoms with van der Waals surface area (Å²) in [5, 5.41) is 12.0. The molecule has 1 saturated heterocycles. The van der Waals surface area contributed by atoms with Crippen LogP contribution >= 0.6 is 0 Å².